The van der Waals surface area contributed by atoms with Gasteiger partial charge in [-0.05, 0) is 94.3 Å². The molecule has 0 saturated carbocycles. The number of aromatic nitrogens is 4. The number of hydrogen-bond donors (Lipinski definition) is 0. The van der Waals surface area contributed by atoms with E-state index in [1.54, 1.807) is 0 Å². The van der Waals surface area contributed by atoms with Crippen LogP contribution in [0.2, 0.25) is 0 Å². The second-order valence-electron chi connectivity index (χ2n) is 12.9. The van der Waals surface area contributed by atoms with Crippen molar-refractivity contribution in [3.63, 3.8) is 0 Å². The SMILES string of the molecule is CCCCc1cc(Oc2ccc3c4ccccc4n(-c4cc(F)ccn4)c3c2)cc(-n2nc(C)c([C@@H]3C(C)=CCC[C@@H]3C)c2C)c1. The maximum atomic E-state index is 14.3. The molecule has 3 aromatic heterocycles. The Kier molecular flexibility index (Phi) is 7.97. The lowest BCUT2D eigenvalue weighted by Gasteiger charge is -2.29. The fourth-order valence-corrected chi connectivity index (χ4v) is 7.45. The van der Waals surface area contributed by atoms with Gasteiger partial charge in [-0.15, -0.1) is 0 Å². The summed E-state index contributed by atoms with van der Waals surface area (Å²) in [6.45, 7) is 11.2. The topological polar surface area (TPSA) is 44.9 Å². The fraction of sp³-hybridized carbons (Fsp3) is 0.300. The highest BCUT2D eigenvalue weighted by Gasteiger charge is 2.29. The minimum absolute atomic E-state index is 0.323. The summed E-state index contributed by atoms with van der Waals surface area (Å²) in [6, 6.07) is 23.6. The Labute approximate surface area is 270 Å². The van der Waals surface area contributed by atoms with Gasteiger partial charge in [0.25, 0.3) is 0 Å². The molecule has 0 spiro atoms. The number of pyridine rings is 1. The molecule has 0 unspecified atom stereocenters. The lowest BCUT2D eigenvalue weighted by molar-refractivity contribution is 0.447. The van der Waals surface area contributed by atoms with Crippen LogP contribution in [0.15, 0.2) is 90.6 Å². The number of para-hydroxylation sites is 1. The molecule has 0 saturated heterocycles. The van der Waals surface area contributed by atoms with Crippen LogP contribution in [0.4, 0.5) is 4.39 Å². The van der Waals surface area contributed by atoms with E-state index in [0.717, 1.165) is 64.6 Å². The number of hydrogen-bond acceptors (Lipinski definition) is 3. The normalized spacial score (nSPS) is 16.7. The number of halogens is 1. The number of allylic oxidation sites excluding steroid dienone is 2. The first-order valence-electron chi connectivity index (χ1n) is 16.5. The van der Waals surface area contributed by atoms with Crippen molar-refractivity contribution in [1.29, 1.82) is 0 Å². The van der Waals surface area contributed by atoms with Gasteiger partial charge in [0.05, 0.1) is 22.4 Å². The van der Waals surface area contributed by atoms with Crippen LogP contribution < -0.4 is 4.74 Å². The summed E-state index contributed by atoms with van der Waals surface area (Å²) < 4.78 is 25.1. The summed E-state index contributed by atoms with van der Waals surface area (Å²) in [4.78, 5) is 4.51. The summed E-state index contributed by atoms with van der Waals surface area (Å²) >= 11 is 0. The summed E-state index contributed by atoms with van der Waals surface area (Å²) in [7, 11) is 0. The van der Waals surface area contributed by atoms with Gasteiger partial charge in [-0.2, -0.15) is 5.10 Å². The molecule has 1 aliphatic carbocycles. The molecule has 0 radical (unpaired) electrons. The summed E-state index contributed by atoms with van der Waals surface area (Å²) in [5.74, 6) is 2.67. The Morgan fingerprint density at radius 2 is 1.74 bits per heavy atom. The molecule has 7 rings (SSSR count). The van der Waals surface area contributed by atoms with Gasteiger partial charge in [-0.25, -0.2) is 14.1 Å². The zero-order chi connectivity index (χ0) is 31.9. The van der Waals surface area contributed by atoms with Crippen LogP contribution in [0.5, 0.6) is 11.5 Å². The number of unbranched alkanes of at least 4 members (excludes halogenated alkanes) is 1. The highest BCUT2D eigenvalue weighted by molar-refractivity contribution is 6.09. The minimum atomic E-state index is -0.323. The number of ether oxygens (including phenoxy) is 1. The third-order valence-electron chi connectivity index (χ3n) is 9.64. The molecule has 0 bridgehead atoms. The Hall–Kier alpha value is -4.71. The van der Waals surface area contributed by atoms with Crippen LogP contribution in [0, 0.1) is 25.6 Å². The molecular formula is C40H41FN4O. The first-order valence-corrected chi connectivity index (χ1v) is 16.5. The van der Waals surface area contributed by atoms with E-state index in [1.165, 1.54) is 47.1 Å². The molecule has 0 fully saturated rings. The third-order valence-corrected chi connectivity index (χ3v) is 9.64. The third kappa shape index (κ3) is 5.40. The Balaban J connectivity index is 1.32. The van der Waals surface area contributed by atoms with Crippen molar-refractivity contribution < 1.29 is 9.13 Å². The number of benzene rings is 3. The zero-order valence-electron chi connectivity index (χ0n) is 27.3. The van der Waals surface area contributed by atoms with Gasteiger partial charge < -0.3 is 4.74 Å². The van der Waals surface area contributed by atoms with Gasteiger partial charge in [0.2, 0.25) is 0 Å². The molecule has 0 amide bonds. The molecule has 234 valence electrons. The summed E-state index contributed by atoms with van der Waals surface area (Å²) in [5, 5.41) is 7.24. The molecule has 0 aliphatic heterocycles. The molecule has 5 nitrogen and oxygen atoms in total. The van der Waals surface area contributed by atoms with Crippen molar-refractivity contribution in [3.05, 3.63) is 119 Å². The van der Waals surface area contributed by atoms with Crippen LogP contribution in [0.1, 0.15) is 74.9 Å². The van der Waals surface area contributed by atoms with Gasteiger partial charge in [0.1, 0.15) is 23.1 Å². The maximum absolute atomic E-state index is 14.3. The van der Waals surface area contributed by atoms with Crippen molar-refractivity contribution in [2.75, 3.05) is 0 Å². The molecule has 2 atom stereocenters. The largest absolute Gasteiger partial charge is 0.457 e. The fourth-order valence-electron chi connectivity index (χ4n) is 7.45. The monoisotopic (exact) mass is 612 g/mol. The molecule has 6 aromatic rings. The van der Waals surface area contributed by atoms with Gasteiger partial charge >= 0.3 is 0 Å². The van der Waals surface area contributed by atoms with E-state index in [1.807, 2.05) is 34.9 Å². The average molecular weight is 613 g/mol. The Bertz CT molecular complexity index is 2100. The summed E-state index contributed by atoms with van der Waals surface area (Å²) in [6.07, 6.45) is 9.44. The van der Waals surface area contributed by atoms with E-state index in [0.29, 0.717) is 23.4 Å². The number of fused-ring (bicyclic) bond motifs is 3. The predicted octanol–water partition coefficient (Wildman–Crippen LogP) is 10.7. The quantitative estimate of drug-likeness (QED) is 0.161. The van der Waals surface area contributed by atoms with Crippen LogP contribution in [-0.2, 0) is 6.42 Å². The number of rotatable bonds is 8. The molecule has 46 heavy (non-hydrogen) atoms. The van der Waals surface area contributed by atoms with E-state index < -0.39 is 0 Å². The second-order valence-corrected chi connectivity index (χ2v) is 12.9. The molecule has 6 heteroatoms. The molecule has 3 heterocycles. The van der Waals surface area contributed by atoms with Crippen LogP contribution >= 0.6 is 0 Å². The second kappa shape index (κ2) is 12.2. The molecule has 0 N–H and O–H groups in total. The highest BCUT2D eigenvalue weighted by Crippen LogP contribution is 2.42. The molecule has 3 aromatic carbocycles. The maximum Gasteiger partial charge on any atom is 0.140 e. The van der Waals surface area contributed by atoms with Gasteiger partial charge in [0.15, 0.2) is 0 Å². The number of aryl methyl sites for hydroxylation is 2. The van der Waals surface area contributed by atoms with Crippen LogP contribution in [0.3, 0.4) is 0 Å². The molecule has 1 aliphatic rings. The van der Waals surface area contributed by atoms with E-state index in [4.69, 9.17) is 9.84 Å². The van der Waals surface area contributed by atoms with Crippen molar-refractivity contribution in [2.24, 2.45) is 5.92 Å². The molecular weight excluding hydrogens is 571 g/mol. The van der Waals surface area contributed by atoms with Crippen molar-refractivity contribution in [3.8, 4) is 23.0 Å². The Morgan fingerprint density at radius 3 is 2.54 bits per heavy atom. The van der Waals surface area contributed by atoms with Crippen molar-refractivity contribution >= 4 is 21.8 Å². The van der Waals surface area contributed by atoms with Crippen molar-refractivity contribution in [1.82, 2.24) is 19.3 Å². The van der Waals surface area contributed by atoms with E-state index >= 15 is 0 Å². The lowest BCUT2D eigenvalue weighted by atomic mass is 9.75. The number of nitrogens with zero attached hydrogens (tertiary/aromatic N) is 4. The average Bonchev–Trinajstić information content (AvgIpc) is 3.53. The summed E-state index contributed by atoms with van der Waals surface area (Å²) in [5.41, 5.74) is 9.20. The van der Waals surface area contributed by atoms with E-state index in [-0.39, 0.29) is 5.82 Å². The zero-order valence-corrected chi connectivity index (χ0v) is 27.3. The highest BCUT2D eigenvalue weighted by atomic mass is 19.1. The van der Waals surface area contributed by atoms with Gasteiger partial charge in [0, 0.05) is 52.3 Å². The van der Waals surface area contributed by atoms with Gasteiger partial charge in [-0.3, -0.25) is 4.57 Å². The predicted molar refractivity (Wildman–Crippen MR) is 185 cm³/mol. The van der Waals surface area contributed by atoms with E-state index in [9.17, 15) is 4.39 Å². The standard InChI is InChI=1S/C40H41FN4O/c1-6-7-13-29-20-31(45-28(5)40(27(4)43-45)39-25(2)11-10-12-26(39)3)23-33(21-29)46-32-16-17-35-34-14-8-9-15-36(34)44(37(35)24-32)38-22-30(41)18-19-42-38/h8-9,11,14-24,26,39H,6-7,10,12-13H2,1-5H3/t26-,39+/m0/s1. The van der Waals surface area contributed by atoms with E-state index in [2.05, 4.69) is 80.7 Å². The van der Waals surface area contributed by atoms with Crippen LogP contribution in [0.25, 0.3) is 33.3 Å². The lowest BCUT2D eigenvalue weighted by Crippen LogP contribution is -2.16. The smallest absolute Gasteiger partial charge is 0.140 e. The first kappa shape index (κ1) is 30.0. The Morgan fingerprint density at radius 1 is 0.913 bits per heavy atom. The van der Waals surface area contributed by atoms with Crippen LogP contribution in [-0.4, -0.2) is 19.3 Å². The minimum Gasteiger partial charge on any atom is -0.457 e. The van der Waals surface area contributed by atoms with Gasteiger partial charge in [-0.1, -0.05) is 50.1 Å². The first-order chi connectivity index (χ1) is 22.3. The van der Waals surface area contributed by atoms with Crippen molar-refractivity contribution in [2.45, 2.75) is 72.6 Å².